The summed E-state index contributed by atoms with van der Waals surface area (Å²) in [5.74, 6) is 0.878. The highest BCUT2D eigenvalue weighted by atomic mass is 16.4. The molecule has 2 heterocycles. The highest BCUT2D eigenvalue weighted by Gasteiger charge is 2.35. The minimum absolute atomic E-state index is 0.309. The third kappa shape index (κ3) is 2.20. The number of carbonyl (C=O) groups is 1. The van der Waals surface area contributed by atoms with Crippen molar-refractivity contribution in [3.8, 4) is 0 Å². The topological polar surface area (TPSA) is 53.4 Å². The first-order chi connectivity index (χ1) is 9.16. The molecule has 2 atom stereocenters. The van der Waals surface area contributed by atoms with Crippen LogP contribution >= 0.6 is 0 Å². The molecule has 2 aliphatic rings. The largest absolute Gasteiger partial charge is 0.478 e. The summed E-state index contributed by atoms with van der Waals surface area (Å²) < 4.78 is 0. The number of aryl methyl sites for hydroxylation is 1. The van der Waals surface area contributed by atoms with Crippen molar-refractivity contribution >= 4 is 11.8 Å². The highest BCUT2D eigenvalue weighted by Crippen LogP contribution is 2.38. The number of piperidine rings is 1. The average molecular weight is 260 g/mol. The van der Waals surface area contributed by atoms with Gasteiger partial charge in [-0.05, 0) is 50.7 Å². The normalized spacial score (nSPS) is 26.3. The van der Waals surface area contributed by atoms with Gasteiger partial charge in [0.25, 0.3) is 0 Å². The van der Waals surface area contributed by atoms with E-state index in [4.69, 9.17) is 5.11 Å². The smallest absolute Gasteiger partial charge is 0.337 e. The summed E-state index contributed by atoms with van der Waals surface area (Å²) >= 11 is 0. The number of hydrogen-bond donors (Lipinski definition) is 1. The number of aromatic carboxylic acids is 1. The number of pyridine rings is 1. The molecule has 0 aromatic carbocycles. The number of nitrogens with zero attached hydrogens (tertiary/aromatic N) is 2. The molecule has 1 aromatic heterocycles. The maximum absolute atomic E-state index is 11.0. The predicted molar refractivity (Wildman–Crippen MR) is 73.6 cm³/mol. The molecule has 1 aliphatic heterocycles. The summed E-state index contributed by atoms with van der Waals surface area (Å²) in [5.41, 5.74) is 0.925. The fourth-order valence-electron chi connectivity index (χ4n) is 3.67. The van der Waals surface area contributed by atoms with Gasteiger partial charge in [-0.2, -0.15) is 0 Å². The molecular weight excluding hydrogens is 240 g/mol. The molecule has 0 bridgehead atoms. The Labute approximate surface area is 113 Å². The Morgan fingerprint density at radius 3 is 2.84 bits per heavy atom. The highest BCUT2D eigenvalue weighted by molar-refractivity contribution is 5.89. The standard InChI is InChI=1S/C15H20N2O2/c1-10-12(15(18)19)7-8-14(16-10)17-9-3-5-11-4-2-6-13(11)17/h7-8,11,13H,2-6,9H2,1H3,(H,18,19). The number of anilines is 1. The maximum atomic E-state index is 11.0. The molecule has 3 rings (SSSR count). The van der Waals surface area contributed by atoms with Gasteiger partial charge in [-0.3, -0.25) is 0 Å². The van der Waals surface area contributed by atoms with Crippen molar-refractivity contribution in [2.24, 2.45) is 5.92 Å². The molecule has 19 heavy (non-hydrogen) atoms. The van der Waals surface area contributed by atoms with Crippen LogP contribution in [0.1, 0.15) is 48.2 Å². The molecule has 2 fully saturated rings. The Bertz CT molecular complexity index is 501. The van der Waals surface area contributed by atoms with Crippen LogP contribution < -0.4 is 4.90 Å². The minimum atomic E-state index is -0.895. The number of carboxylic acids is 1. The van der Waals surface area contributed by atoms with Crippen molar-refractivity contribution in [2.75, 3.05) is 11.4 Å². The van der Waals surface area contributed by atoms with E-state index in [0.717, 1.165) is 18.3 Å². The summed E-state index contributed by atoms with van der Waals surface area (Å²) in [5, 5.41) is 9.06. The van der Waals surface area contributed by atoms with Gasteiger partial charge in [0.15, 0.2) is 0 Å². The van der Waals surface area contributed by atoms with E-state index in [1.807, 2.05) is 6.07 Å². The van der Waals surface area contributed by atoms with Crippen LogP contribution in [0.15, 0.2) is 12.1 Å². The van der Waals surface area contributed by atoms with Gasteiger partial charge in [0.1, 0.15) is 5.82 Å². The van der Waals surface area contributed by atoms with Crippen LogP contribution in [0, 0.1) is 12.8 Å². The molecular formula is C15H20N2O2. The number of carboxylic acid groups (broad SMARTS) is 1. The summed E-state index contributed by atoms with van der Waals surface area (Å²) in [6.45, 7) is 2.84. The molecule has 1 aromatic rings. The number of aromatic nitrogens is 1. The monoisotopic (exact) mass is 260 g/mol. The van der Waals surface area contributed by atoms with Crippen molar-refractivity contribution < 1.29 is 9.90 Å². The SMILES string of the molecule is Cc1nc(N2CCCC3CCCC32)ccc1C(=O)O. The Kier molecular flexibility index (Phi) is 3.17. The van der Waals surface area contributed by atoms with Gasteiger partial charge in [-0.15, -0.1) is 0 Å². The first-order valence-corrected chi connectivity index (χ1v) is 7.14. The molecule has 1 saturated carbocycles. The van der Waals surface area contributed by atoms with Crippen LogP contribution in [0.4, 0.5) is 5.82 Å². The molecule has 1 N–H and O–H groups in total. The van der Waals surface area contributed by atoms with Crippen LogP contribution in [0.5, 0.6) is 0 Å². The lowest BCUT2D eigenvalue weighted by Gasteiger charge is -2.38. The fraction of sp³-hybridized carbons (Fsp3) is 0.600. The van der Waals surface area contributed by atoms with E-state index in [1.165, 1.54) is 32.1 Å². The second-order valence-corrected chi connectivity index (χ2v) is 5.70. The lowest BCUT2D eigenvalue weighted by molar-refractivity contribution is 0.0695. The first-order valence-electron chi connectivity index (χ1n) is 7.14. The Hall–Kier alpha value is -1.58. The molecule has 1 aliphatic carbocycles. The summed E-state index contributed by atoms with van der Waals surface area (Å²) in [6, 6.07) is 4.19. The molecule has 0 amide bonds. The van der Waals surface area contributed by atoms with Crippen LogP contribution in [0.25, 0.3) is 0 Å². The van der Waals surface area contributed by atoms with Crippen LogP contribution in [-0.2, 0) is 0 Å². The maximum Gasteiger partial charge on any atom is 0.337 e. The zero-order chi connectivity index (χ0) is 13.4. The van der Waals surface area contributed by atoms with E-state index in [2.05, 4.69) is 9.88 Å². The van der Waals surface area contributed by atoms with Gasteiger partial charge >= 0.3 is 5.97 Å². The van der Waals surface area contributed by atoms with Gasteiger partial charge in [0, 0.05) is 12.6 Å². The van der Waals surface area contributed by atoms with Crippen molar-refractivity contribution in [1.82, 2.24) is 4.98 Å². The van der Waals surface area contributed by atoms with Gasteiger partial charge < -0.3 is 10.0 Å². The molecule has 4 nitrogen and oxygen atoms in total. The van der Waals surface area contributed by atoms with E-state index in [0.29, 0.717) is 17.3 Å². The first kappa shape index (κ1) is 12.5. The van der Waals surface area contributed by atoms with Gasteiger partial charge in [0.05, 0.1) is 11.3 Å². The number of rotatable bonds is 2. The lowest BCUT2D eigenvalue weighted by atomic mass is 9.92. The van der Waals surface area contributed by atoms with E-state index >= 15 is 0 Å². The average Bonchev–Trinajstić information content (AvgIpc) is 2.86. The predicted octanol–water partition coefficient (Wildman–Crippen LogP) is 2.86. The van der Waals surface area contributed by atoms with Crippen molar-refractivity contribution in [3.63, 3.8) is 0 Å². The zero-order valence-electron chi connectivity index (χ0n) is 11.3. The Morgan fingerprint density at radius 1 is 1.32 bits per heavy atom. The molecule has 0 radical (unpaired) electrons. The molecule has 4 heteroatoms. The summed E-state index contributed by atoms with van der Waals surface area (Å²) in [7, 11) is 0. The van der Waals surface area contributed by atoms with E-state index in [9.17, 15) is 4.79 Å². The third-order valence-corrected chi connectivity index (χ3v) is 4.59. The van der Waals surface area contributed by atoms with E-state index < -0.39 is 5.97 Å². The van der Waals surface area contributed by atoms with Gasteiger partial charge in [-0.25, -0.2) is 9.78 Å². The Balaban J connectivity index is 1.89. The minimum Gasteiger partial charge on any atom is -0.478 e. The molecule has 1 saturated heterocycles. The molecule has 2 unspecified atom stereocenters. The van der Waals surface area contributed by atoms with Crippen LogP contribution in [-0.4, -0.2) is 28.6 Å². The van der Waals surface area contributed by atoms with Crippen molar-refractivity contribution in [2.45, 2.75) is 45.1 Å². The molecule has 102 valence electrons. The quantitative estimate of drug-likeness (QED) is 0.888. The second-order valence-electron chi connectivity index (χ2n) is 5.70. The Morgan fingerprint density at radius 2 is 2.11 bits per heavy atom. The summed E-state index contributed by atoms with van der Waals surface area (Å²) in [4.78, 5) is 18.0. The number of fused-ring (bicyclic) bond motifs is 1. The lowest BCUT2D eigenvalue weighted by Crippen LogP contribution is -2.43. The van der Waals surface area contributed by atoms with E-state index in [-0.39, 0.29) is 0 Å². The third-order valence-electron chi connectivity index (χ3n) is 4.59. The molecule has 0 spiro atoms. The van der Waals surface area contributed by atoms with Crippen molar-refractivity contribution in [1.29, 1.82) is 0 Å². The van der Waals surface area contributed by atoms with E-state index in [1.54, 1.807) is 13.0 Å². The van der Waals surface area contributed by atoms with Crippen LogP contribution in [0.3, 0.4) is 0 Å². The summed E-state index contributed by atoms with van der Waals surface area (Å²) in [6.07, 6.45) is 6.48. The zero-order valence-corrected chi connectivity index (χ0v) is 11.3. The van der Waals surface area contributed by atoms with Gasteiger partial charge in [0.2, 0.25) is 0 Å². The van der Waals surface area contributed by atoms with Crippen molar-refractivity contribution in [3.05, 3.63) is 23.4 Å². The fourth-order valence-corrected chi connectivity index (χ4v) is 3.67. The van der Waals surface area contributed by atoms with Crippen LogP contribution in [0.2, 0.25) is 0 Å². The van der Waals surface area contributed by atoms with Gasteiger partial charge in [-0.1, -0.05) is 6.42 Å². The number of hydrogen-bond acceptors (Lipinski definition) is 3. The second kappa shape index (κ2) is 4.83.